The van der Waals surface area contributed by atoms with E-state index in [9.17, 15) is 0 Å². The summed E-state index contributed by atoms with van der Waals surface area (Å²) in [5.41, 5.74) is 2.04. The van der Waals surface area contributed by atoms with E-state index in [1.54, 1.807) is 0 Å². The average molecular weight is 291 g/mol. The summed E-state index contributed by atoms with van der Waals surface area (Å²) in [6, 6.07) is 0.659. The maximum Gasteiger partial charge on any atom is 0.0593 e. The van der Waals surface area contributed by atoms with Crippen LogP contribution in [0.1, 0.15) is 24.2 Å². The quantitative estimate of drug-likeness (QED) is 0.843. The summed E-state index contributed by atoms with van der Waals surface area (Å²) in [5.74, 6) is 0.507. The van der Waals surface area contributed by atoms with Crippen molar-refractivity contribution in [3.63, 3.8) is 0 Å². The number of aryl methyl sites for hydroxylation is 1. The second-order valence-corrected chi connectivity index (χ2v) is 6.13. The van der Waals surface area contributed by atoms with E-state index in [2.05, 4.69) is 14.9 Å². The standard InChI is InChI=1S/C16H25N3O2/c1-13-9-18-15(10-17-13)8-14-11-19(4-7-21-12-14)16-2-5-20-6-3-16/h9-10,14,16H,2-8,11-12H2,1H3/t14-/m0/s1. The molecule has 0 bridgehead atoms. The first-order valence-electron chi connectivity index (χ1n) is 7.98. The lowest BCUT2D eigenvalue weighted by Gasteiger charge is -2.34. The minimum atomic E-state index is 0.507. The van der Waals surface area contributed by atoms with Crippen LogP contribution in [0.25, 0.3) is 0 Å². The minimum Gasteiger partial charge on any atom is -0.381 e. The molecule has 2 saturated heterocycles. The largest absolute Gasteiger partial charge is 0.381 e. The molecule has 5 heteroatoms. The molecule has 116 valence electrons. The van der Waals surface area contributed by atoms with Crippen LogP contribution in [0.4, 0.5) is 0 Å². The van der Waals surface area contributed by atoms with Crippen LogP contribution in [0.3, 0.4) is 0 Å². The molecule has 0 unspecified atom stereocenters. The molecule has 1 aromatic rings. The third-order valence-electron chi connectivity index (χ3n) is 4.41. The van der Waals surface area contributed by atoms with Gasteiger partial charge >= 0.3 is 0 Å². The maximum atomic E-state index is 5.80. The first-order chi connectivity index (χ1) is 10.3. The van der Waals surface area contributed by atoms with Crippen molar-refractivity contribution in [1.29, 1.82) is 0 Å². The molecule has 0 amide bonds. The van der Waals surface area contributed by atoms with Crippen molar-refractivity contribution in [3.8, 4) is 0 Å². The zero-order valence-electron chi connectivity index (χ0n) is 12.8. The topological polar surface area (TPSA) is 47.5 Å². The third-order valence-corrected chi connectivity index (χ3v) is 4.41. The second-order valence-electron chi connectivity index (χ2n) is 6.13. The van der Waals surface area contributed by atoms with E-state index >= 15 is 0 Å². The average Bonchev–Trinajstić information content (AvgIpc) is 2.76. The summed E-state index contributed by atoms with van der Waals surface area (Å²) in [6.07, 6.45) is 7.00. The summed E-state index contributed by atoms with van der Waals surface area (Å²) in [4.78, 5) is 11.4. The van der Waals surface area contributed by atoms with Gasteiger partial charge < -0.3 is 9.47 Å². The van der Waals surface area contributed by atoms with Crippen LogP contribution in [-0.2, 0) is 15.9 Å². The van der Waals surface area contributed by atoms with Crippen molar-refractivity contribution in [1.82, 2.24) is 14.9 Å². The fourth-order valence-electron chi connectivity index (χ4n) is 3.23. The first-order valence-corrected chi connectivity index (χ1v) is 7.98. The van der Waals surface area contributed by atoms with Gasteiger partial charge in [0.2, 0.25) is 0 Å². The van der Waals surface area contributed by atoms with Gasteiger partial charge in [-0.05, 0) is 26.2 Å². The van der Waals surface area contributed by atoms with Gasteiger partial charge in [-0.15, -0.1) is 0 Å². The lowest BCUT2D eigenvalue weighted by Crippen LogP contribution is -2.42. The van der Waals surface area contributed by atoms with Crippen LogP contribution in [0.2, 0.25) is 0 Å². The highest BCUT2D eigenvalue weighted by atomic mass is 16.5. The van der Waals surface area contributed by atoms with Gasteiger partial charge in [0, 0.05) is 50.7 Å². The zero-order valence-corrected chi connectivity index (χ0v) is 12.8. The van der Waals surface area contributed by atoms with Gasteiger partial charge in [-0.2, -0.15) is 0 Å². The van der Waals surface area contributed by atoms with Crippen LogP contribution in [0, 0.1) is 12.8 Å². The predicted molar refractivity (Wildman–Crippen MR) is 80.2 cm³/mol. The Morgan fingerprint density at radius 2 is 2.00 bits per heavy atom. The zero-order chi connectivity index (χ0) is 14.5. The smallest absolute Gasteiger partial charge is 0.0593 e. The molecular formula is C16H25N3O2. The Bertz CT molecular complexity index is 432. The van der Waals surface area contributed by atoms with E-state index < -0.39 is 0 Å². The summed E-state index contributed by atoms with van der Waals surface area (Å²) < 4.78 is 11.3. The molecule has 0 aromatic carbocycles. The summed E-state index contributed by atoms with van der Waals surface area (Å²) in [7, 11) is 0. The molecule has 3 rings (SSSR count). The van der Waals surface area contributed by atoms with Gasteiger partial charge in [0.25, 0.3) is 0 Å². The van der Waals surface area contributed by atoms with Gasteiger partial charge in [-0.3, -0.25) is 14.9 Å². The number of rotatable bonds is 3. The van der Waals surface area contributed by atoms with Crippen molar-refractivity contribution in [2.45, 2.75) is 32.2 Å². The molecular weight excluding hydrogens is 266 g/mol. The fraction of sp³-hybridized carbons (Fsp3) is 0.750. The fourth-order valence-corrected chi connectivity index (χ4v) is 3.23. The lowest BCUT2D eigenvalue weighted by molar-refractivity contribution is 0.0308. The Hall–Kier alpha value is -1.04. The molecule has 0 spiro atoms. The molecule has 21 heavy (non-hydrogen) atoms. The molecule has 1 aromatic heterocycles. The molecule has 0 radical (unpaired) electrons. The highest BCUT2D eigenvalue weighted by Crippen LogP contribution is 2.19. The third kappa shape index (κ3) is 4.22. The van der Waals surface area contributed by atoms with E-state index in [0.717, 1.165) is 70.2 Å². The van der Waals surface area contributed by atoms with E-state index in [1.807, 2.05) is 19.3 Å². The molecule has 0 saturated carbocycles. The first kappa shape index (κ1) is 14.9. The van der Waals surface area contributed by atoms with E-state index in [4.69, 9.17) is 9.47 Å². The highest BCUT2D eigenvalue weighted by molar-refractivity contribution is 5.02. The lowest BCUT2D eigenvalue weighted by atomic mass is 10.0. The summed E-state index contributed by atoms with van der Waals surface area (Å²) in [5, 5.41) is 0. The molecule has 2 fully saturated rings. The van der Waals surface area contributed by atoms with E-state index in [0.29, 0.717) is 12.0 Å². The molecule has 5 nitrogen and oxygen atoms in total. The van der Waals surface area contributed by atoms with Crippen LogP contribution < -0.4 is 0 Å². The Kier molecular flexibility index (Phi) is 5.17. The second kappa shape index (κ2) is 7.29. The van der Waals surface area contributed by atoms with E-state index in [1.165, 1.54) is 0 Å². The van der Waals surface area contributed by atoms with Crippen LogP contribution >= 0.6 is 0 Å². The normalized spacial score (nSPS) is 25.7. The number of nitrogens with zero attached hydrogens (tertiary/aromatic N) is 3. The molecule has 0 aliphatic carbocycles. The van der Waals surface area contributed by atoms with Gasteiger partial charge in [0.05, 0.1) is 24.6 Å². The Morgan fingerprint density at radius 3 is 2.76 bits per heavy atom. The Morgan fingerprint density at radius 1 is 1.14 bits per heavy atom. The summed E-state index contributed by atoms with van der Waals surface area (Å²) in [6.45, 7) is 7.58. The van der Waals surface area contributed by atoms with Gasteiger partial charge in [-0.1, -0.05) is 0 Å². The van der Waals surface area contributed by atoms with Crippen molar-refractivity contribution < 1.29 is 9.47 Å². The number of ether oxygens (including phenoxy) is 2. The van der Waals surface area contributed by atoms with Crippen molar-refractivity contribution in [2.75, 3.05) is 39.5 Å². The van der Waals surface area contributed by atoms with Gasteiger partial charge in [0.15, 0.2) is 0 Å². The van der Waals surface area contributed by atoms with Crippen molar-refractivity contribution in [3.05, 3.63) is 23.8 Å². The van der Waals surface area contributed by atoms with E-state index in [-0.39, 0.29) is 0 Å². The van der Waals surface area contributed by atoms with Gasteiger partial charge in [0.1, 0.15) is 0 Å². The molecule has 2 aliphatic rings. The number of hydrogen-bond donors (Lipinski definition) is 0. The number of hydrogen-bond acceptors (Lipinski definition) is 5. The molecule has 2 aliphatic heterocycles. The SMILES string of the molecule is Cc1cnc(C[C@@H]2COCCN(C3CCOCC3)C2)cn1. The highest BCUT2D eigenvalue weighted by Gasteiger charge is 2.26. The van der Waals surface area contributed by atoms with Crippen molar-refractivity contribution >= 4 is 0 Å². The minimum absolute atomic E-state index is 0.507. The molecule has 1 atom stereocenters. The van der Waals surface area contributed by atoms with Crippen LogP contribution in [0.15, 0.2) is 12.4 Å². The van der Waals surface area contributed by atoms with Crippen LogP contribution in [0.5, 0.6) is 0 Å². The van der Waals surface area contributed by atoms with Crippen LogP contribution in [-0.4, -0.2) is 60.4 Å². The van der Waals surface area contributed by atoms with Gasteiger partial charge in [-0.25, -0.2) is 0 Å². The maximum absolute atomic E-state index is 5.80. The monoisotopic (exact) mass is 291 g/mol. The predicted octanol–water partition coefficient (Wildman–Crippen LogP) is 1.45. The Labute approximate surface area is 126 Å². The number of aromatic nitrogens is 2. The molecule has 3 heterocycles. The molecule has 0 N–H and O–H groups in total. The van der Waals surface area contributed by atoms with Crippen molar-refractivity contribution in [2.24, 2.45) is 5.92 Å². The Balaban J connectivity index is 1.60. The summed E-state index contributed by atoms with van der Waals surface area (Å²) >= 11 is 0.